The van der Waals surface area contributed by atoms with Gasteiger partial charge in [0.2, 0.25) is 22.8 Å². The van der Waals surface area contributed by atoms with Gasteiger partial charge in [0.05, 0.1) is 87.8 Å². The first-order valence-electron chi connectivity index (χ1n) is 24.5. The molecular formula is C52H56O21. The number of hydrogen-bond acceptors (Lipinski definition) is 21. The minimum atomic E-state index is -2.07. The molecule has 73 heavy (non-hydrogen) atoms. The molecule has 390 valence electrons. The van der Waals surface area contributed by atoms with Crippen LogP contribution in [0.5, 0.6) is 28.7 Å². The summed E-state index contributed by atoms with van der Waals surface area (Å²) in [5.41, 5.74) is 1.77. The molecule has 4 aromatic rings. The first-order chi connectivity index (χ1) is 34.9. The number of ketones is 2. The van der Waals surface area contributed by atoms with E-state index in [-0.39, 0.29) is 71.6 Å². The van der Waals surface area contributed by atoms with E-state index < -0.39 is 103 Å². The van der Waals surface area contributed by atoms with Gasteiger partial charge in [-0.3, -0.25) is 9.59 Å². The van der Waals surface area contributed by atoms with Crippen LogP contribution in [0.3, 0.4) is 0 Å². The fraction of sp³-hybridized carbons (Fsp3) is 0.577. The molecule has 6 fully saturated rings. The van der Waals surface area contributed by atoms with Gasteiger partial charge >= 0.3 is 0 Å². The Kier molecular flexibility index (Phi) is 10.1. The molecule has 2 aliphatic carbocycles. The molecule has 2 spiro atoms. The molecule has 8 N–H and O–H groups in total. The highest BCUT2D eigenvalue weighted by Gasteiger charge is 2.93. The van der Waals surface area contributed by atoms with Gasteiger partial charge in [-0.25, -0.2) is 0 Å². The van der Waals surface area contributed by atoms with E-state index in [4.69, 9.17) is 52.1 Å². The van der Waals surface area contributed by atoms with Gasteiger partial charge in [0.1, 0.15) is 47.1 Å². The van der Waals surface area contributed by atoms with Crippen LogP contribution in [-0.2, 0) is 46.2 Å². The van der Waals surface area contributed by atoms with E-state index in [1.807, 2.05) is 13.0 Å². The van der Waals surface area contributed by atoms with Crippen molar-refractivity contribution in [2.24, 2.45) is 11.8 Å². The zero-order chi connectivity index (χ0) is 51.4. The van der Waals surface area contributed by atoms with Gasteiger partial charge in [0, 0.05) is 41.5 Å². The van der Waals surface area contributed by atoms with Crippen molar-refractivity contribution in [2.75, 3.05) is 54.4 Å². The van der Waals surface area contributed by atoms with Gasteiger partial charge in [0.15, 0.2) is 23.8 Å². The second-order valence-corrected chi connectivity index (χ2v) is 21.0. The van der Waals surface area contributed by atoms with Crippen LogP contribution in [0.25, 0.3) is 21.5 Å². The lowest BCUT2D eigenvalue weighted by Gasteiger charge is -2.48. The lowest BCUT2D eigenvalue weighted by Crippen LogP contribution is -2.69. The van der Waals surface area contributed by atoms with E-state index in [1.54, 1.807) is 19.9 Å². The van der Waals surface area contributed by atoms with Gasteiger partial charge in [-0.1, -0.05) is 13.0 Å². The van der Waals surface area contributed by atoms with Gasteiger partial charge < -0.3 is 93.0 Å². The van der Waals surface area contributed by atoms with Gasteiger partial charge in [-0.05, 0) is 66.8 Å². The Hall–Kier alpha value is -4.82. The van der Waals surface area contributed by atoms with Gasteiger partial charge in [-0.15, -0.1) is 0 Å². The maximum absolute atomic E-state index is 13.2. The molecule has 4 aromatic carbocycles. The minimum absolute atomic E-state index is 0.00477. The summed E-state index contributed by atoms with van der Waals surface area (Å²) in [7, 11) is 4.35. The number of aryl methyl sites for hydroxylation is 2. The quantitative estimate of drug-likeness (QED) is 0.111. The standard InChI is InChI=1S/C26H28O11.C26H28O10/c1-9-4-12-15(19(31)17-16(20(12)33-3)13(29)5-10(2)18(17)30)21-14(9)22-23-25(32,35-21)24(8-34-24)26(36-22,37-23)11(6-27)7-28;1-11-7-13-14(8-27)12-5-4-6-15(29)18(12)20(32-3)19(13)21-17(11)22-23-25(30,34-21)24(10-33-24)26(35-22,36-23)16(9-28)31-2/h4,10-11,13,22-23,27-29,31-32H,5-8H2,1-3H3;7,16,22-23,27-28,30H,4-6,8-10H2,1-3H3/t10-,13-,22+,23+,24?,25-,26+;/m0./s1. The van der Waals surface area contributed by atoms with Crippen LogP contribution in [-0.4, -0.2) is 159 Å². The Morgan fingerprint density at radius 2 is 1.29 bits per heavy atom. The normalized spacial score (nSPS) is 37.5. The van der Waals surface area contributed by atoms with Crippen molar-refractivity contribution in [3.63, 3.8) is 0 Å². The predicted octanol–water partition coefficient (Wildman–Crippen LogP) is 1.93. The Labute approximate surface area is 415 Å². The molecule has 0 amide bonds. The number of ether oxygens (including phenoxy) is 11. The number of fused-ring (bicyclic) bond motifs is 16. The lowest BCUT2D eigenvalue weighted by atomic mass is 9.75. The molecular weight excluding hydrogens is 961 g/mol. The number of aliphatic hydroxyl groups is 7. The second kappa shape index (κ2) is 15.4. The first kappa shape index (κ1) is 47.9. The largest absolute Gasteiger partial charge is 0.506 e. The summed E-state index contributed by atoms with van der Waals surface area (Å²) in [6.45, 7) is 3.83. The number of carbonyl (C=O) groups excluding carboxylic acids is 2. The Balaban J connectivity index is 0.000000141. The Morgan fingerprint density at radius 3 is 1.84 bits per heavy atom. The smallest absolute Gasteiger partial charge is 0.274 e. The number of benzene rings is 4. The van der Waals surface area contributed by atoms with Crippen LogP contribution in [0.15, 0.2) is 12.1 Å². The van der Waals surface area contributed by atoms with Gasteiger partial charge in [-0.2, -0.15) is 0 Å². The molecule has 7 unspecified atom stereocenters. The fourth-order valence-electron chi connectivity index (χ4n) is 14.1. The zero-order valence-corrected chi connectivity index (χ0v) is 40.7. The number of aromatic hydroxyl groups is 1. The SMILES string of the molecule is COc1c2c(c(CO)c3cc(C)c4c(c13)OC1(O)C3OC(C(CO)OC)(OC43)C13CO3)CCCC2=O.COc1c2c(c(O)c3c4c(c(C)cc13)[C@H]1O[C@]3(C(CO)CO)O[C@H]1[C@](O)(O4)C31CO1)C(=O)[C@@H](C)C[C@@H]2O. The van der Waals surface area contributed by atoms with Gasteiger partial charge in [0.25, 0.3) is 11.6 Å². The van der Waals surface area contributed by atoms with Crippen LogP contribution in [0.1, 0.15) is 104 Å². The molecule has 0 radical (unpaired) electrons. The second-order valence-electron chi connectivity index (χ2n) is 21.0. The highest BCUT2D eigenvalue weighted by Crippen LogP contribution is 2.73. The maximum atomic E-state index is 13.2. The van der Waals surface area contributed by atoms with Crippen LogP contribution in [0.4, 0.5) is 0 Å². The summed E-state index contributed by atoms with van der Waals surface area (Å²) in [4.78, 5) is 26.3. The van der Waals surface area contributed by atoms with Crippen molar-refractivity contribution in [3.8, 4) is 28.7 Å². The summed E-state index contributed by atoms with van der Waals surface area (Å²) in [6.07, 6.45) is -3.60. The third kappa shape index (κ3) is 5.34. The summed E-state index contributed by atoms with van der Waals surface area (Å²) in [5.74, 6) is -8.42. The summed E-state index contributed by atoms with van der Waals surface area (Å²) >= 11 is 0. The topological polar surface area (TPSA) is 304 Å². The monoisotopic (exact) mass is 1020 g/mol. The third-order valence-corrected chi connectivity index (χ3v) is 17.6. The number of Topliss-reactive ketones (excluding diaryl/α,β-unsaturated/α-hetero) is 2. The van der Waals surface area contributed by atoms with Crippen molar-refractivity contribution < 1.29 is 103 Å². The Bertz CT molecular complexity index is 3120. The van der Waals surface area contributed by atoms with Crippen LogP contribution >= 0.6 is 0 Å². The van der Waals surface area contributed by atoms with E-state index in [2.05, 4.69) is 0 Å². The van der Waals surface area contributed by atoms with E-state index in [0.717, 1.165) is 11.1 Å². The number of hydrogen-bond donors (Lipinski definition) is 8. The lowest BCUT2D eigenvalue weighted by molar-refractivity contribution is -0.307. The van der Waals surface area contributed by atoms with Crippen LogP contribution < -0.4 is 18.9 Å². The van der Waals surface area contributed by atoms with E-state index in [9.17, 15) is 50.4 Å². The van der Waals surface area contributed by atoms with E-state index in [0.29, 0.717) is 74.7 Å². The average molecular weight is 1020 g/mol. The first-order valence-corrected chi connectivity index (χ1v) is 24.5. The van der Waals surface area contributed by atoms with Crippen molar-refractivity contribution in [2.45, 2.75) is 124 Å². The van der Waals surface area contributed by atoms with Crippen molar-refractivity contribution >= 4 is 33.1 Å². The molecule has 14 rings (SSSR count). The van der Waals surface area contributed by atoms with E-state index in [1.165, 1.54) is 21.3 Å². The van der Waals surface area contributed by atoms with Crippen molar-refractivity contribution in [3.05, 3.63) is 62.2 Å². The third-order valence-electron chi connectivity index (χ3n) is 17.6. The molecule has 8 heterocycles. The average Bonchev–Trinajstić information content (AvgIpc) is 4.26. The molecule has 6 saturated heterocycles. The molecule has 0 saturated carbocycles. The van der Waals surface area contributed by atoms with Crippen molar-refractivity contribution in [1.29, 1.82) is 0 Å². The zero-order valence-electron chi connectivity index (χ0n) is 40.7. The highest BCUT2D eigenvalue weighted by atomic mass is 16.9. The molecule has 10 aliphatic rings. The summed E-state index contributed by atoms with van der Waals surface area (Å²) < 4.78 is 66.6. The number of rotatable bonds is 9. The highest BCUT2D eigenvalue weighted by molar-refractivity contribution is 6.13. The molecule has 4 bridgehead atoms. The van der Waals surface area contributed by atoms with Crippen molar-refractivity contribution in [1.82, 2.24) is 0 Å². The Morgan fingerprint density at radius 1 is 0.726 bits per heavy atom. The molecule has 21 nitrogen and oxygen atoms in total. The predicted molar refractivity (Wildman–Crippen MR) is 245 cm³/mol. The number of methoxy groups -OCH3 is 3. The number of phenolic OH excluding ortho intramolecular Hbond substituents is 1. The number of aliphatic hydroxyl groups excluding tert-OH is 5. The fourth-order valence-corrected chi connectivity index (χ4v) is 14.1. The number of epoxide rings is 2. The molecule has 21 heteroatoms. The molecule has 8 aliphatic heterocycles. The summed E-state index contributed by atoms with van der Waals surface area (Å²) in [6, 6.07) is 3.68. The number of carbonyl (C=O) groups is 2. The molecule has 13 atom stereocenters. The maximum Gasteiger partial charge on any atom is 0.274 e. The van der Waals surface area contributed by atoms with E-state index >= 15 is 0 Å². The number of phenols is 1. The van der Waals surface area contributed by atoms with Crippen LogP contribution in [0.2, 0.25) is 0 Å². The molecule has 0 aromatic heterocycles. The van der Waals surface area contributed by atoms with Crippen LogP contribution in [0, 0.1) is 25.7 Å². The summed E-state index contributed by atoms with van der Waals surface area (Å²) in [5, 5.41) is 88.5. The minimum Gasteiger partial charge on any atom is -0.506 e.